The molecule has 0 unspecified atom stereocenters. The highest BCUT2D eigenvalue weighted by Gasteiger charge is 2.44. The van der Waals surface area contributed by atoms with Crippen molar-refractivity contribution in [3.8, 4) is 0 Å². The zero-order valence-corrected chi connectivity index (χ0v) is 18.6. The van der Waals surface area contributed by atoms with Crippen molar-refractivity contribution < 1.29 is 25.2 Å². The average Bonchev–Trinajstić information content (AvgIpc) is 3.26. The van der Waals surface area contributed by atoms with E-state index in [1.54, 1.807) is 0 Å². The van der Waals surface area contributed by atoms with Crippen molar-refractivity contribution in [1.82, 2.24) is 0 Å². The van der Waals surface area contributed by atoms with Crippen LogP contribution in [0.5, 0.6) is 0 Å². The van der Waals surface area contributed by atoms with Gasteiger partial charge < -0.3 is 25.2 Å². The quantitative estimate of drug-likeness (QED) is 0.590. The monoisotopic (exact) mass is 426 g/mol. The summed E-state index contributed by atoms with van der Waals surface area (Å²) in [6.07, 6.45) is -1.71. The third-order valence-electron chi connectivity index (χ3n) is 7.06. The number of fused-ring (bicyclic) bond motifs is 1. The molecule has 4 rings (SSSR count). The van der Waals surface area contributed by atoms with Crippen LogP contribution in [0.3, 0.4) is 0 Å². The van der Waals surface area contributed by atoms with Crippen LogP contribution in [0.25, 0.3) is 0 Å². The van der Waals surface area contributed by atoms with Crippen LogP contribution in [0.15, 0.2) is 30.3 Å². The summed E-state index contributed by atoms with van der Waals surface area (Å²) >= 11 is 0. The van der Waals surface area contributed by atoms with E-state index in [1.165, 1.54) is 27.8 Å². The van der Waals surface area contributed by atoms with Crippen LogP contribution in [0, 0.1) is 6.92 Å². The third kappa shape index (κ3) is 4.18. The minimum absolute atomic E-state index is 0.416. The van der Waals surface area contributed by atoms with E-state index >= 15 is 0 Å². The molecule has 2 aliphatic rings. The number of benzene rings is 2. The fourth-order valence-electron chi connectivity index (χ4n) is 5.12. The molecule has 1 saturated heterocycles. The highest BCUT2D eigenvalue weighted by Crippen LogP contribution is 2.39. The van der Waals surface area contributed by atoms with Crippen LogP contribution in [0.4, 0.5) is 0 Å². The van der Waals surface area contributed by atoms with Crippen molar-refractivity contribution in [3.63, 3.8) is 0 Å². The van der Waals surface area contributed by atoms with Crippen molar-refractivity contribution in [3.05, 3.63) is 69.3 Å². The van der Waals surface area contributed by atoms with E-state index in [9.17, 15) is 20.4 Å². The van der Waals surface area contributed by atoms with Gasteiger partial charge >= 0.3 is 0 Å². The molecule has 4 N–H and O–H groups in total. The molecule has 5 heteroatoms. The van der Waals surface area contributed by atoms with Crippen molar-refractivity contribution in [2.24, 2.45) is 0 Å². The van der Waals surface area contributed by atoms with Gasteiger partial charge in [-0.25, -0.2) is 0 Å². The Hall–Kier alpha value is -1.76. The Morgan fingerprint density at radius 3 is 2.29 bits per heavy atom. The Labute approximate surface area is 184 Å². The summed E-state index contributed by atoms with van der Waals surface area (Å²) < 4.78 is 5.89. The van der Waals surface area contributed by atoms with E-state index in [0.717, 1.165) is 36.8 Å². The van der Waals surface area contributed by atoms with Gasteiger partial charge in [0.1, 0.15) is 30.5 Å². The molecule has 2 aromatic carbocycles. The molecule has 5 atom stereocenters. The smallest absolute Gasteiger partial charge is 0.113 e. The summed E-state index contributed by atoms with van der Waals surface area (Å²) in [6, 6.07) is 10.8. The Morgan fingerprint density at radius 2 is 1.65 bits per heavy atom. The molecular formula is C26H34O5. The number of hydrogen-bond acceptors (Lipinski definition) is 5. The van der Waals surface area contributed by atoms with Crippen molar-refractivity contribution in [1.29, 1.82) is 0 Å². The maximum atomic E-state index is 10.7. The van der Waals surface area contributed by atoms with Gasteiger partial charge in [0.25, 0.3) is 0 Å². The number of aliphatic hydroxyl groups excluding tert-OH is 4. The second-order valence-corrected chi connectivity index (χ2v) is 9.38. The highest BCUT2D eigenvalue weighted by molar-refractivity contribution is 5.50. The van der Waals surface area contributed by atoms with E-state index in [2.05, 4.69) is 44.2 Å². The van der Waals surface area contributed by atoms with E-state index in [4.69, 9.17) is 4.74 Å². The van der Waals surface area contributed by atoms with Gasteiger partial charge in [0.05, 0.1) is 6.61 Å². The van der Waals surface area contributed by atoms with Crippen LogP contribution < -0.4 is 0 Å². The minimum atomic E-state index is -1.37. The first-order valence-electron chi connectivity index (χ1n) is 11.3. The Bertz CT molecular complexity index is 918. The maximum Gasteiger partial charge on any atom is 0.113 e. The highest BCUT2D eigenvalue weighted by atomic mass is 16.5. The topological polar surface area (TPSA) is 90.2 Å². The van der Waals surface area contributed by atoms with Crippen molar-refractivity contribution in [2.45, 2.75) is 82.9 Å². The van der Waals surface area contributed by atoms with Crippen molar-refractivity contribution >= 4 is 0 Å². The minimum Gasteiger partial charge on any atom is -0.394 e. The van der Waals surface area contributed by atoms with Gasteiger partial charge in [-0.15, -0.1) is 0 Å². The number of rotatable bonds is 5. The van der Waals surface area contributed by atoms with Crippen LogP contribution in [0.1, 0.15) is 71.2 Å². The van der Waals surface area contributed by atoms with Crippen LogP contribution >= 0.6 is 0 Å². The largest absolute Gasteiger partial charge is 0.394 e. The molecule has 2 aromatic rings. The molecule has 0 spiro atoms. The summed E-state index contributed by atoms with van der Waals surface area (Å²) in [7, 11) is 0. The molecule has 168 valence electrons. The third-order valence-corrected chi connectivity index (χ3v) is 7.06. The Balaban J connectivity index is 1.71. The van der Waals surface area contributed by atoms with E-state index in [0.29, 0.717) is 5.92 Å². The van der Waals surface area contributed by atoms with Gasteiger partial charge in [-0.3, -0.25) is 0 Å². The van der Waals surface area contributed by atoms with Gasteiger partial charge in [0.2, 0.25) is 0 Å². The van der Waals surface area contributed by atoms with E-state index in [-0.39, 0.29) is 0 Å². The SMILES string of the molecule is Cc1c([C@@H]2O[C@H](CO)[C@@H](O)[C@H](O)[C@H]2O)cc(Cc2ccc(C(C)C)cc2)c2c1CCC2. The summed E-state index contributed by atoms with van der Waals surface area (Å²) in [5.74, 6) is 0.496. The molecule has 1 aliphatic carbocycles. The normalized spacial score (nSPS) is 28.2. The van der Waals surface area contributed by atoms with Gasteiger partial charge in [0, 0.05) is 0 Å². The second kappa shape index (κ2) is 9.00. The molecule has 0 bridgehead atoms. The lowest BCUT2D eigenvalue weighted by Crippen LogP contribution is -2.55. The van der Waals surface area contributed by atoms with Gasteiger partial charge in [-0.1, -0.05) is 44.2 Å². The summed E-state index contributed by atoms with van der Waals surface area (Å²) in [5, 5.41) is 40.7. The molecule has 0 saturated carbocycles. The first-order valence-corrected chi connectivity index (χ1v) is 11.3. The van der Waals surface area contributed by atoms with Gasteiger partial charge in [0.15, 0.2) is 0 Å². The lowest BCUT2D eigenvalue weighted by atomic mass is 9.84. The Kier molecular flexibility index (Phi) is 6.52. The van der Waals surface area contributed by atoms with E-state index < -0.39 is 37.1 Å². The van der Waals surface area contributed by atoms with Crippen molar-refractivity contribution in [2.75, 3.05) is 6.61 Å². The van der Waals surface area contributed by atoms with Crippen LogP contribution in [-0.4, -0.2) is 51.4 Å². The fourth-order valence-corrected chi connectivity index (χ4v) is 5.12. The molecule has 1 aliphatic heterocycles. The zero-order valence-electron chi connectivity index (χ0n) is 18.6. The Morgan fingerprint density at radius 1 is 0.968 bits per heavy atom. The average molecular weight is 427 g/mol. The van der Waals surface area contributed by atoms with Crippen LogP contribution in [0.2, 0.25) is 0 Å². The first kappa shape index (κ1) is 22.4. The van der Waals surface area contributed by atoms with Crippen LogP contribution in [-0.2, 0) is 24.0 Å². The molecule has 1 fully saturated rings. The lowest BCUT2D eigenvalue weighted by molar-refractivity contribution is -0.231. The summed E-state index contributed by atoms with van der Waals surface area (Å²) in [4.78, 5) is 0. The molecule has 5 nitrogen and oxygen atoms in total. The molecule has 0 radical (unpaired) electrons. The summed E-state index contributed by atoms with van der Waals surface area (Å²) in [5.41, 5.74) is 8.40. The number of aliphatic hydroxyl groups is 4. The fraction of sp³-hybridized carbons (Fsp3) is 0.538. The molecular weight excluding hydrogens is 392 g/mol. The predicted octanol–water partition coefficient (Wildman–Crippen LogP) is 2.71. The summed E-state index contributed by atoms with van der Waals surface area (Å²) in [6.45, 7) is 6.01. The second-order valence-electron chi connectivity index (χ2n) is 9.38. The lowest BCUT2D eigenvalue weighted by Gasteiger charge is -2.41. The van der Waals surface area contributed by atoms with Gasteiger partial charge in [-0.05, 0) is 77.5 Å². The number of ether oxygens (including phenoxy) is 1. The molecule has 0 aromatic heterocycles. The maximum absolute atomic E-state index is 10.7. The predicted molar refractivity (Wildman–Crippen MR) is 119 cm³/mol. The van der Waals surface area contributed by atoms with E-state index in [1.807, 2.05) is 6.92 Å². The first-order chi connectivity index (χ1) is 14.8. The van der Waals surface area contributed by atoms with Gasteiger partial charge in [-0.2, -0.15) is 0 Å². The molecule has 1 heterocycles. The molecule has 0 amide bonds. The zero-order chi connectivity index (χ0) is 22.3. The molecule has 31 heavy (non-hydrogen) atoms. The number of hydrogen-bond donors (Lipinski definition) is 4. The standard InChI is InChI=1S/C26H34O5/c1-14(2)17-9-7-16(8-10-17)11-18-12-21(15(3)19-5-4-6-20(18)19)26-25(30)24(29)23(28)22(13-27)31-26/h7-10,12,14,22-30H,4-6,11,13H2,1-3H3/t22-,23-,24+,25-,26+/m1/s1.